The molecule has 1 fully saturated rings. The zero-order valence-electron chi connectivity index (χ0n) is 11.9. The molecule has 0 aromatic carbocycles. The Balaban J connectivity index is 2.70. The van der Waals surface area contributed by atoms with Gasteiger partial charge in [0.25, 0.3) is 0 Å². The molecule has 4 heteroatoms. The predicted molar refractivity (Wildman–Crippen MR) is 71.2 cm³/mol. The van der Waals surface area contributed by atoms with Crippen molar-refractivity contribution >= 4 is 6.09 Å². The molecule has 1 aliphatic heterocycles. The normalized spacial score (nSPS) is 22.2. The minimum atomic E-state index is -0.456. The van der Waals surface area contributed by atoms with Crippen LogP contribution in [0.2, 0.25) is 0 Å². The quantitative estimate of drug-likeness (QED) is 0.706. The number of nitrogens with zero attached hydrogens (tertiary/aromatic N) is 2. The molecule has 102 valence electrons. The molecule has 2 unspecified atom stereocenters. The van der Waals surface area contributed by atoms with E-state index in [4.69, 9.17) is 11.3 Å². The highest BCUT2D eigenvalue weighted by Crippen LogP contribution is 2.25. The number of hydrogen-bond acceptors (Lipinski definition) is 2. The summed E-state index contributed by atoms with van der Waals surface area (Å²) >= 11 is 0. The third-order valence-corrected chi connectivity index (χ3v) is 3.21. The fraction of sp³-hybridized carbons (Fsp3) is 0.857. The number of carbonyl (C=O) groups excluding carboxylic acids is 1. The molecular formula is C14H24N2O2. The highest BCUT2D eigenvalue weighted by molar-refractivity contribution is 5.68. The lowest BCUT2D eigenvalue weighted by molar-refractivity contribution is 0.00364. The first-order chi connectivity index (χ1) is 8.35. The Kier molecular flexibility index (Phi) is 5.01. The van der Waals surface area contributed by atoms with Gasteiger partial charge in [-0.2, -0.15) is 0 Å². The van der Waals surface area contributed by atoms with E-state index in [-0.39, 0.29) is 18.1 Å². The Hall–Kier alpha value is -1.24. The van der Waals surface area contributed by atoms with Crippen LogP contribution in [0.5, 0.6) is 0 Å². The Morgan fingerprint density at radius 2 is 2.17 bits per heavy atom. The molecule has 0 aromatic heterocycles. The van der Waals surface area contributed by atoms with E-state index in [0.29, 0.717) is 6.54 Å². The molecule has 0 aromatic rings. The molecule has 1 heterocycles. The van der Waals surface area contributed by atoms with Gasteiger partial charge in [0.2, 0.25) is 6.54 Å². The molecule has 1 aliphatic rings. The van der Waals surface area contributed by atoms with Crippen molar-refractivity contribution < 1.29 is 9.53 Å². The second-order valence-electron chi connectivity index (χ2n) is 6.05. The maximum Gasteiger partial charge on any atom is 0.410 e. The summed E-state index contributed by atoms with van der Waals surface area (Å²) in [6.45, 7) is 15.9. The van der Waals surface area contributed by atoms with Crippen molar-refractivity contribution in [1.29, 1.82) is 0 Å². The molecule has 18 heavy (non-hydrogen) atoms. The SMILES string of the molecule is [C-]#[N+]CC(C)C1CCCCN1C(=O)OC(C)(C)C. The molecule has 1 saturated heterocycles. The van der Waals surface area contributed by atoms with Crippen LogP contribution in [0.4, 0.5) is 4.79 Å². The van der Waals surface area contributed by atoms with Crippen molar-refractivity contribution in [3.05, 3.63) is 11.4 Å². The summed E-state index contributed by atoms with van der Waals surface area (Å²) in [5, 5.41) is 0. The van der Waals surface area contributed by atoms with Crippen molar-refractivity contribution in [3.63, 3.8) is 0 Å². The van der Waals surface area contributed by atoms with Crippen LogP contribution >= 0.6 is 0 Å². The standard InChI is InChI=1S/C14H24N2O2/c1-11(10-15-5)12-8-6-7-9-16(12)13(17)18-14(2,3)4/h11-12H,6-10H2,1-4H3. The third-order valence-electron chi connectivity index (χ3n) is 3.21. The summed E-state index contributed by atoms with van der Waals surface area (Å²) < 4.78 is 5.45. The Morgan fingerprint density at radius 1 is 1.50 bits per heavy atom. The minimum Gasteiger partial charge on any atom is -0.444 e. The van der Waals surface area contributed by atoms with E-state index in [0.717, 1.165) is 25.8 Å². The number of piperidine rings is 1. The monoisotopic (exact) mass is 252 g/mol. The fourth-order valence-electron chi connectivity index (χ4n) is 2.36. The van der Waals surface area contributed by atoms with E-state index >= 15 is 0 Å². The molecule has 0 bridgehead atoms. The first-order valence-electron chi connectivity index (χ1n) is 6.68. The Morgan fingerprint density at radius 3 is 2.72 bits per heavy atom. The van der Waals surface area contributed by atoms with Crippen molar-refractivity contribution in [2.45, 2.75) is 58.6 Å². The van der Waals surface area contributed by atoms with Crippen molar-refractivity contribution in [1.82, 2.24) is 4.90 Å². The van der Waals surface area contributed by atoms with E-state index in [1.807, 2.05) is 32.6 Å². The zero-order valence-corrected chi connectivity index (χ0v) is 11.9. The van der Waals surface area contributed by atoms with Crippen molar-refractivity contribution in [2.75, 3.05) is 13.1 Å². The van der Waals surface area contributed by atoms with E-state index in [1.165, 1.54) is 0 Å². The van der Waals surface area contributed by atoms with Gasteiger partial charge in [0, 0.05) is 18.5 Å². The van der Waals surface area contributed by atoms with Crippen molar-refractivity contribution in [3.8, 4) is 0 Å². The van der Waals surface area contributed by atoms with Crippen molar-refractivity contribution in [2.24, 2.45) is 5.92 Å². The van der Waals surface area contributed by atoms with Gasteiger partial charge in [-0.15, -0.1) is 0 Å². The molecule has 0 spiro atoms. The van der Waals surface area contributed by atoms with Crippen LogP contribution in [0, 0.1) is 12.5 Å². The molecule has 1 amide bonds. The lowest BCUT2D eigenvalue weighted by Gasteiger charge is -2.38. The number of rotatable bonds is 2. The van der Waals surface area contributed by atoms with Crippen LogP contribution in [-0.4, -0.2) is 35.7 Å². The molecule has 4 nitrogen and oxygen atoms in total. The number of hydrogen-bond donors (Lipinski definition) is 0. The van der Waals surface area contributed by atoms with Crippen LogP contribution in [-0.2, 0) is 4.74 Å². The maximum atomic E-state index is 12.2. The fourth-order valence-corrected chi connectivity index (χ4v) is 2.36. The van der Waals surface area contributed by atoms with Crippen LogP contribution in [0.15, 0.2) is 0 Å². The summed E-state index contributed by atoms with van der Waals surface area (Å²) in [6, 6.07) is 0.155. The van der Waals surface area contributed by atoms with Crippen LogP contribution in [0.1, 0.15) is 47.0 Å². The van der Waals surface area contributed by atoms with Gasteiger partial charge in [-0.3, -0.25) is 0 Å². The average Bonchev–Trinajstić information content (AvgIpc) is 2.27. The summed E-state index contributed by atoms with van der Waals surface area (Å²) in [5.41, 5.74) is -0.456. The van der Waals surface area contributed by atoms with Gasteiger partial charge in [-0.25, -0.2) is 11.4 Å². The first kappa shape index (κ1) is 14.8. The van der Waals surface area contributed by atoms with Gasteiger partial charge >= 0.3 is 6.09 Å². The molecule has 2 atom stereocenters. The molecule has 0 saturated carbocycles. The largest absolute Gasteiger partial charge is 0.444 e. The zero-order chi connectivity index (χ0) is 13.8. The smallest absolute Gasteiger partial charge is 0.410 e. The second-order valence-corrected chi connectivity index (χ2v) is 6.05. The highest BCUT2D eigenvalue weighted by Gasteiger charge is 2.34. The third kappa shape index (κ3) is 4.21. The van der Waals surface area contributed by atoms with Gasteiger partial charge in [-0.05, 0) is 40.0 Å². The van der Waals surface area contributed by atoms with E-state index in [9.17, 15) is 4.79 Å². The molecule has 0 radical (unpaired) electrons. The highest BCUT2D eigenvalue weighted by atomic mass is 16.6. The summed E-state index contributed by atoms with van der Waals surface area (Å²) in [7, 11) is 0. The average molecular weight is 252 g/mol. The van der Waals surface area contributed by atoms with Gasteiger partial charge in [0.05, 0.1) is 0 Å². The second kappa shape index (κ2) is 6.08. The minimum absolute atomic E-state index is 0.155. The molecule has 1 rings (SSSR count). The summed E-state index contributed by atoms with van der Waals surface area (Å²) in [6.07, 6.45) is 2.91. The maximum absolute atomic E-state index is 12.2. The summed E-state index contributed by atoms with van der Waals surface area (Å²) in [5.74, 6) is 0.218. The van der Waals surface area contributed by atoms with Gasteiger partial charge in [0.1, 0.15) is 5.60 Å². The van der Waals surface area contributed by atoms with Gasteiger partial charge in [-0.1, -0.05) is 6.92 Å². The van der Waals surface area contributed by atoms with Gasteiger partial charge in [0.15, 0.2) is 0 Å². The first-order valence-corrected chi connectivity index (χ1v) is 6.68. The van der Waals surface area contributed by atoms with Gasteiger partial charge < -0.3 is 14.5 Å². The van der Waals surface area contributed by atoms with Crippen LogP contribution < -0.4 is 0 Å². The topological polar surface area (TPSA) is 33.9 Å². The predicted octanol–water partition coefficient (Wildman–Crippen LogP) is 3.33. The van der Waals surface area contributed by atoms with E-state index in [2.05, 4.69) is 4.85 Å². The lowest BCUT2D eigenvalue weighted by atomic mass is 9.92. The number of likely N-dealkylation sites (tertiary alicyclic amines) is 1. The van der Waals surface area contributed by atoms with Crippen LogP contribution in [0.3, 0.4) is 0 Å². The molecule has 0 N–H and O–H groups in total. The lowest BCUT2D eigenvalue weighted by Crippen LogP contribution is -2.49. The molecule has 0 aliphatic carbocycles. The van der Waals surface area contributed by atoms with Crippen LogP contribution in [0.25, 0.3) is 4.85 Å². The summed E-state index contributed by atoms with van der Waals surface area (Å²) in [4.78, 5) is 17.4. The number of amides is 1. The number of carbonyl (C=O) groups is 1. The Bertz CT molecular complexity index is 328. The van der Waals surface area contributed by atoms with E-state index in [1.54, 1.807) is 0 Å². The number of ether oxygens (including phenoxy) is 1. The Labute approximate surface area is 110 Å². The molecular weight excluding hydrogens is 228 g/mol. The van der Waals surface area contributed by atoms with E-state index < -0.39 is 5.60 Å².